The lowest BCUT2D eigenvalue weighted by molar-refractivity contribution is -0.154. The van der Waals surface area contributed by atoms with Crippen molar-refractivity contribution in [2.24, 2.45) is 0 Å². The number of rotatable bonds is 7. The van der Waals surface area contributed by atoms with E-state index < -0.39 is 24.7 Å². The Hall–Kier alpha value is -3.70. The van der Waals surface area contributed by atoms with Crippen LogP contribution in [0.3, 0.4) is 0 Å². The Morgan fingerprint density at radius 3 is 2.56 bits per heavy atom. The molecule has 0 aliphatic carbocycles. The van der Waals surface area contributed by atoms with Gasteiger partial charge in [0.25, 0.3) is 5.91 Å². The maximum absolute atomic E-state index is 12.7. The predicted molar refractivity (Wildman–Crippen MR) is 108 cm³/mol. The lowest BCUT2D eigenvalue weighted by Crippen LogP contribution is -2.28. The number of aromatic nitrogens is 4. The van der Waals surface area contributed by atoms with Crippen molar-refractivity contribution in [1.29, 1.82) is 0 Å². The molecule has 3 aromatic rings. The number of nitrogens with one attached hydrogen (secondary N) is 2. The highest BCUT2D eigenvalue weighted by Crippen LogP contribution is 2.22. The normalized spacial score (nSPS) is 12.3. The molecule has 3 heterocycles. The van der Waals surface area contributed by atoms with Crippen molar-refractivity contribution >= 4 is 17.7 Å². The molecule has 0 bridgehead atoms. The molecule has 0 aromatic carbocycles. The molecule has 0 saturated carbocycles. The van der Waals surface area contributed by atoms with Gasteiger partial charge in [0.15, 0.2) is 6.61 Å². The van der Waals surface area contributed by atoms with Gasteiger partial charge in [-0.25, -0.2) is 15.0 Å². The van der Waals surface area contributed by atoms with Gasteiger partial charge in [-0.1, -0.05) is 11.2 Å². The first kappa shape index (κ1) is 23.0. The van der Waals surface area contributed by atoms with E-state index in [4.69, 9.17) is 4.52 Å². The van der Waals surface area contributed by atoms with Crippen molar-refractivity contribution in [3.8, 4) is 5.88 Å². The quantitative estimate of drug-likeness (QED) is 0.556. The van der Waals surface area contributed by atoms with Gasteiger partial charge < -0.3 is 14.6 Å². The first-order valence-corrected chi connectivity index (χ1v) is 9.54. The standard InChI is InChI=1S/C20H21F3N6O3/c1-10-7-15(27-19(25-10)28-18-11(2)12(3)29-32-18)17(30)26-13(4)14-5-6-16(24-8-14)31-9-20(21,22)23/h5-8,13H,9H2,1-4H3,(H,26,30)(H,25,27,28). The molecule has 2 N–H and O–H groups in total. The van der Waals surface area contributed by atoms with E-state index >= 15 is 0 Å². The van der Waals surface area contributed by atoms with Crippen molar-refractivity contribution in [1.82, 2.24) is 25.4 Å². The van der Waals surface area contributed by atoms with Crippen LogP contribution in [-0.2, 0) is 0 Å². The number of amides is 1. The molecular weight excluding hydrogens is 429 g/mol. The number of alkyl halides is 3. The highest BCUT2D eigenvalue weighted by atomic mass is 19.4. The van der Waals surface area contributed by atoms with E-state index in [1.54, 1.807) is 20.8 Å². The maximum Gasteiger partial charge on any atom is 0.422 e. The molecule has 0 aliphatic rings. The van der Waals surface area contributed by atoms with Crippen LogP contribution in [-0.4, -0.2) is 38.8 Å². The number of ether oxygens (including phenoxy) is 1. The number of pyridine rings is 1. The monoisotopic (exact) mass is 450 g/mol. The molecule has 1 amide bonds. The number of hydrogen-bond donors (Lipinski definition) is 2. The van der Waals surface area contributed by atoms with Gasteiger partial charge in [-0.05, 0) is 39.3 Å². The van der Waals surface area contributed by atoms with Crippen LogP contribution in [0.25, 0.3) is 0 Å². The summed E-state index contributed by atoms with van der Waals surface area (Å²) in [4.78, 5) is 25.0. The van der Waals surface area contributed by atoms with Gasteiger partial charge in [0.2, 0.25) is 17.7 Å². The summed E-state index contributed by atoms with van der Waals surface area (Å²) >= 11 is 0. The van der Waals surface area contributed by atoms with Gasteiger partial charge in [0.1, 0.15) is 5.69 Å². The number of carbonyl (C=O) groups is 1. The Balaban J connectivity index is 1.67. The Morgan fingerprint density at radius 1 is 1.22 bits per heavy atom. The zero-order valence-corrected chi connectivity index (χ0v) is 17.7. The van der Waals surface area contributed by atoms with Crippen molar-refractivity contribution in [2.45, 2.75) is 39.9 Å². The van der Waals surface area contributed by atoms with Crippen molar-refractivity contribution in [3.63, 3.8) is 0 Å². The number of carbonyl (C=O) groups excluding carboxylic acids is 1. The molecule has 0 spiro atoms. The maximum atomic E-state index is 12.7. The topological polar surface area (TPSA) is 115 Å². The fourth-order valence-corrected chi connectivity index (χ4v) is 2.62. The Labute approximate surface area is 181 Å². The van der Waals surface area contributed by atoms with Crippen molar-refractivity contribution in [3.05, 3.63) is 52.6 Å². The number of aryl methyl sites for hydroxylation is 2. The number of hydrogen-bond acceptors (Lipinski definition) is 8. The third-order valence-electron chi connectivity index (χ3n) is 4.46. The third-order valence-corrected chi connectivity index (χ3v) is 4.46. The van der Waals surface area contributed by atoms with Crippen LogP contribution >= 0.6 is 0 Å². The molecule has 0 radical (unpaired) electrons. The molecule has 1 atom stereocenters. The molecule has 0 fully saturated rings. The number of nitrogens with zero attached hydrogens (tertiary/aromatic N) is 4. The molecule has 3 aromatic heterocycles. The van der Waals surface area contributed by atoms with Gasteiger partial charge in [-0.2, -0.15) is 13.2 Å². The second kappa shape index (κ2) is 9.20. The second-order valence-electron chi connectivity index (χ2n) is 7.09. The SMILES string of the molecule is Cc1cc(C(=O)NC(C)c2ccc(OCC(F)(F)F)nc2)nc(Nc2onc(C)c2C)n1. The van der Waals surface area contributed by atoms with E-state index in [9.17, 15) is 18.0 Å². The van der Waals surface area contributed by atoms with Crippen LogP contribution in [0.2, 0.25) is 0 Å². The summed E-state index contributed by atoms with van der Waals surface area (Å²) in [6, 6.07) is 3.87. The van der Waals surface area contributed by atoms with Crippen LogP contribution in [0.15, 0.2) is 28.9 Å². The zero-order valence-electron chi connectivity index (χ0n) is 17.7. The lowest BCUT2D eigenvalue weighted by Gasteiger charge is -2.15. The minimum atomic E-state index is -4.45. The molecule has 170 valence electrons. The summed E-state index contributed by atoms with van der Waals surface area (Å²) in [6.07, 6.45) is -3.11. The first-order valence-electron chi connectivity index (χ1n) is 9.54. The molecule has 9 nitrogen and oxygen atoms in total. The minimum Gasteiger partial charge on any atom is -0.468 e. The summed E-state index contributed by atoms with van der Waals surface area (Å²) in [5.74, 6) is -0.0692. The van der Waals surface area contributed by atoms with E-state index in [0.29, 0.717) is 17.1 Å². The van der Waals surface area contributed by atoms with E-state index in [1.807, 2.05) is 6.92 Å². The Bertz CT molecular complexity index is 1100. The summed E-state index contributed by atoms with van der Waals surface area (Å²) in [5, 5.41) is 9.53. The Morgan fingerprint density at radius 2 is 1.97 bits per heavy atom. The third kappa shape index (κ3) is 5.93. The molecule has 0 saturated heterocycles. The van der Waals surface area contributed by atoms with E-state index in [1.165, 1.54) is 24.4 Å². The fourth-order valence-electron chi connectivity index (χ4n) is 2.62. The highest BCUT2D eigenvalue weighted by molar-refractivity contribution is 5.93. The van der Waals surface area contributed by atoms with Crippen LogP contribution in [0, 0.1) is 20.8 Å². The van der Waals surface area contributed by atoms with Crippen LogP contribution in [0.4, 0.5) is 25.0 Å². The second-order valence-corrected chi connectivity index (χ2v) is 7.09. The summed E-state index contributed by atoms with van der Waals surface area (Å²) in [7, 11) is 0. The predicted octanol–water partition coefficient (Wildman–Crippen LogP) is 3.96. The molecule has 1 unspecified atom stereocenters. The largest absolute Gasteiger partial charge is 0.468 e. The molecule has 12 heteroatoms. The number of anilines is 2. The van der Waals surface area contributed by atoms with Crippen LogP contribution in [0.5, 0.6) is 5.88 Å². The van der Waals surface area contributed by atoms with Crippen LogP contribution in [0.1, 0.15) is 46.0 Å². The molecular formula is C20H21F3N6O3. The van der Waals surface area contributed by atoms with Gasteiger partial charge >= 0.3 is 6.18 Å². The van der Waals surface area contributed by atoms with Gasteiger partial charge in [-0.3, -0.25) is 10.1 Å². The smallest absolute Gasteiger partial charge is 0.422 e. The average molecular weight is 450 g/mol. The highest BCUT2D eigenvalue weighted by Gasteiger charge is 2.28. The van der Waals surface area contributed by atoms with E-state index in [-0.39, 0.29) is 17.5 Å². The molecule has 32 heavy (non-hydrogen) atoms. The van der Waals surface area contributed by atoms with Gasteiger partial charge in [0, 0.05) is 23.5 Å². The Kier molecular flexibility index (Phi) is 6.61. The average Bonchev–Trinajstić information content (AvgIpc) is 3.03. The van der Waals surface area contributed by atoms with Crippen molar-refractivity contribution < 1.29 is 27.2 Å². The molecule has 0 aliphatic heterocycles. The van der Waals surface area contributed by atoms with Crippen molar-refractivity contribution in [2.75, 3.05) is 11.9 Å². The number of halogens is 3. The fraction of sp³-hybridized carbons (Fsp3) is 0.350. The zero-order chi connectivity index (χ0) is 23.5. The van der Waals surface area contributed by atoms with Gasteiger partial charge in [-0.15, -0.1) is 0 Å². The van der Waals surface area contributed by atoms with E-state index in [2.05, 4.69) is 35.5 Å². The van der Waals surface area contributed by atoms with E-state index in [0.717, 1.165) is 11.3 Å². The summed E-state index contributed by atoms with van der Waals surface area (Å²) in [6.45, 7) is 5.62. The summed E-state index contributed by atoms with van der Waals surface area (Å²) < 4.78 is 46.5. The molecule has 3 rings (SSSR count). The lowest BCUT2D eigenvalue weighted by atomic mass is 10.1. The first-order chi connectivity index (χ1) is 15.0. The summed E-state index contributed by atoms with van der Waals surface area (Å²) in [5.41, 5.74) is 2.77. The van der Waals surface area contributed by atoms with Gasteiger partial charge in [0.05, 0.1) is 11.7 Å². The van der Waals surface area contributed by atoms with Crippen LogP contribution < -0.4 is 15.4 Å². The minimum absolute atomic E-state index is 0.124.